The quantitative estimate of drug-likeness (QED) is 0.227. The topological polar surface area (TPSA) is 54.4 Å². The highest BCUT2D eigenvalue weighted by Crippen LogP contribution is 2.35. The second-order valence-electron chi connectivity index (χ2n) is 6.91. The Balaban J connectivity index is 1.51. The largest absolute Gasteiger partial charge is 0.289 e. The molecule has 5 rings (SSSR count). The van der Waals surface area contributed by atoms with E-state index in [1.54, 1.807) is 12.3 Å². The average molecular weight is 410 g/mol. The molecule has 0 unspecified atom stereocenters. The van der Waals surface area contributed by atoms with Crippen LogP contribution in [0, 0.1) is 0 Å². The van der Waals surface area contributed by atoms with Crippen LogP contribution >= 0.6 is 11.6 Å². The van der Waals surface area contributed by atoms with E-state index in [4.69, 9.17) is 11.6 Å². The molecule has 0 spiro atoms. The number of hydrazone groups is 1. The summed E-state index contributed by atoms with van der Waals surface area (Å²) in [5, 5.41) is 9.76. The van der Waals surface area contributed by atoms with Crippen molar-refractivity contribution in [3.8, 4) is 0 Å². The second-order valence-corrected chi connectivity index (χ2v) is 7.29. The van der Waals surface area contributed by atoms with Crippen LogP contribution in [0.5, 0.6) is 0 Å². The van der Waals surface area contributed by atoms with Crippen LogP contribution in [0.1, 0.15) is 16.1 Å². The minimum atomic E-state index is -0.362. The first kappa shape index (κ1) is 18.3. The molecule has 4 nitrogen and oxygen atoms in total. The number of hydrogen-bond donors (Lipinski definition) is 1. The van der Waals surface area contributed by atoms with Gasteiger partial charge in [0.15, 0.2) is 0 Å². The van der Waals surface area contributed by atoms with E-state index < -0.39 is 0 Å². The van der Waals surface area contributed by atoms with Crippen LogP contribution in [0.25, 0.3) is 32.4 Å². The Kier molecular flexibility index (Phi) is 4.62. The molecule has 1 amide bonds. The molecule has 30 heavy (non-hydrogen) atoms. The van der Waals surface area contributed by atoms with Gasteiger partial charge < -0.3 is 0 Å². The zero-order valence-corrected chi connectivity index (χ0v) is 16.6. The van der Waals surface area contributed by atoms with E-state index in [1.807, 2.05) is 78.9 Å². The van der Waals surface area contributed by atoms with Gasteiger partial charge >= 0.3 is 0 Å². The Labute approximate surface area is 177 Å². The normalized spacial score (nSPS) is 11.5. The Hall–Kier alpha value is -3.76. The fraction of sp³-hybridized carbons (Fsp3) is 0. The number of nitrogens with zero attached hydrogens (tertiary/aromatic N) is 2. The standard InChI is InChI=1S/C25H16ClN3O/c26-24-19-10-4-2-8-17(19)21(18-9-3-5-11-20(18)24)15-27-29-25(30)23-14-13-16-7-1-6-12-22(16)28-23/h1-15H,(H,29,30). The maximum atomic E-state index is 12.6. The summed E-state index contributed by atoms with van der Waals surface area (Å²) >= 11 is 6.64. The minimum absolute atomic E-state index is 0.316. The first-order chi connectivity index (χ1) is 14.7. The van der Waals surface area contributed by atoms with E-state index in [0.29, 0.717) is 10.7 Å². The van der Waals surface area contributed by atoms with Gasteiger partial charge in [0.2, 0.25) is 0 Å². The van der Waals surface area contributed by atoms with Gasteiger partial charge in [0, 0.05) is 21.7 Å². The summed E-state index contributed by atoms with van der Waals surface area (Å²) < 4.78 is 0. The number of aromatic nitrogens is 1. The molecule has 0 aliphatic heterocycles. The van der Waals surface area contributed by atoms with Crippen LogP contribution < -0.4 is 5.43 Å². The first-order valence-corrected chi connectivity index (χ1v) is 9.88. The molecule has 0 fully saturated rings. The van der Waals surface area contributed by atoms with Crippen molar-refractivity contribution < 1.29 is 4.79 Å². The van der Waals surface area contributed by atoms with Crippen LogP contribution in [-0.2, 0) is 0 Å². The predicted molar refractivity (Wildman–Crippen MR) is 123 cm³/mol. The van der Waals surface area contributed by atoms with E-state index in [-0.39, 0.29) is 5.91 Å². The molecule has 5 heteroatoms. The van der Waals surface area contributed by atoms with Crippen molar-refractivity contribution in [1.29, 1.82) is 0 Å². The number of para-hydroxylation sites is 1. The number of pyridine rings is 1. The van der Waals surface area contributed by atoms with Crippen molar-refractivity contribution in [3.63, 3.8) is 0 Å². The lowest BCUT2D eigenvalue weighted by atomic mass is 9.97. The fourth-order valence-electron chi connectivity index (χ4n) is 3.65. The zero-order valence-electron chi connectivity index (χ0n) is 15.8. The lowest BCUT2D eigenvalue weighted by Gasteiger charge is -2.10. The minimum Gasteiger partial charge on any atom is -0.266 e. The summed E-state index contributed by atoms with van der Waals surface area (Å²) in [4.78, 5) is 17.0. The molecule has 1 aromatic heterocycles. The van der Waals surface area contributed by atoms with Gasteiger partial charge in [-0.3, -0.25) is 4.79 Å². The van der Waals surface area contributed by atoms with Gasteiger partial charge in [-0.05, 0) is 22.9 Å². The third kappa shape index (κ3) is 3.17. The van der Waals surface area contributed by atoms with Crippen LogP contribution in [0.2, 0.25) is 5.02 Å². The smallest absolute Gasteiger partial charge is 0.266 e. The molecule has 1 heterocycles. The highest BCUT2D eigenvalue weighted by atomic mass is 35.5. The van der Waals surface area contributed by atoms with Gasteiger partial charge in [-0.2, -0.15) is 5.10 Å². The monoisotopic (exact) mass is 409 g/mol. The van der Waals surface area contributed by atoms with Crippen molar-refractivity contribution in [2.45, 2.75) is 0 Å². The molecule has 0 radical (unpaired) electrons. The number of carbonyl (C=O) groups is 1. The van der Waals surface area contributed by atoms with Gasteiger partial charge in [-0.15, -0.1) is 0 Å². The lowest BCUT2D eigenvalue weighted by molar-refractivity contribution is 0.0950. The van der Waals surface area contributed by atoms with E-state index in [0.717, 1.165) is 38.0 Å². The number of halogens is 1. The summed E-state index contributed by atoms with van der Waals surface area (Å²) in [6, 6.07) is 27.0. The van der Waals surface area contributed by atoms with Crippen LogP contribution in [0.3, 0.4) is 0 Å². The Morgan fingerprint density at radius 2 is 1.40 bits per heavy atom. The first-order valence-electron chi connectivity index (χ1n) is 9.50. The summed E-state index contributed by atoms with van der Waals surface area (Å²) in [5.41, 5.74) is 4.58. The lowest BCUT2D eigenvalue weighted by Crippen LogP contribution is -2.19. The summed E-state index contributed by atoms with van der Waals surface area (Å²) in [5.74, 6) is -0.362. The average Bonchev–Trinajstić information content (AvgIpc) is 2.81. The highest BCUT2D eigenvalue weighted by molar-refractivity contribution is 6.42. The van der Waals surface area contributed by atoms with Gasteiger partial charge in [0.25, 0.3) is 5.91 Å². The summed E-state index contributed by atoms with van der Waals surface area (Å²) in [7, 11) is 0. The third-order valence-corrected chi connectivity index (χ3v) is 5.51. The van der Waals surface area contributed by atoms with Crippen molar-refractivity contribution in [2.75, 3.05) is 0 Å². The SMILES string of the molecule is O=C(NN=Cc1c2ccccc2c(Cl)c2ccccc12)c1ccc2ccccc2n1. The number of fused-ring (bicyclic) bond motifs is 3. The second kappa shape index (κ2) is 7.58. The molecule has 0 aliphatic carbocycles. The summed E-state index contributed by atoms with van der Waals surface area (Å²) in [6.45, 7) is 0. The van der Waals surface area contributed by atoms with Crippen molar-refractivity contribution in [3.05, 3.63) is 101 Å². The molecule has 0 atom stereocenters. The molecule has 144 valence electrons. The van der Waals surface area contributed by atoms with Crippen molar-refractivity contribution in [2.24, 2.45) is 5.10 Å². The summed E-state index contributed by atoms with van der Waals surface area (Å²) in [6.07, 6.45) is 1.67. The fourth-order valence-corrected chi connectivity index (χ4v) is 3.98. The van der Waals surface area contributed by atoms with Gasteiger partial charge in [0.1, 0.15) is 5.69 Å². The number of carbonyl (C=O) groups excluding carboxylic acids is 1. The third-order valence-electron chi connectivity index (χ3n) is 5.10. The van der Waals surface area contributed by atoms with Gasteiger partial charge in [-0.1, -0.05) is 84.4 Å². The molecule has 4 aromatic carbocycles. The Morgan fingerprint density at radius 3 is 2.10 bits per heavy atom. The van der Waals surface area contributed by atoms with Crippen LogP contribution in [0.4, 0.5) is 0 Å². The van der Waals surface area contributed by atoms with Gasteiger partial charge in [0.05, 0.1) is 16.8 Å². The molecule has 0 saturated carbocycles. The molecular weight excluding hydrogens is 394 g/mol. The number of hydrogen-bond acceptors (Lipinski definition) is 3. The van der Waals surface area contributed by atoms with E-state index >= 15 is 0 Å². The van der Waals surface area contributed by atoms with Crippen LogP contribution in [0.15, 0.2) is 90.0 Å². The molecule has 5 aromatic rings. The molecular formula is C25H16ClN3O. The Bertz CT molecular complexity index is 1400. The van der Waals surface area contributed by atoms with Crippen molar-refractivity contribution in [1.82, 2.24) is 10.4 Å². The maximum absolute atomic E-state index is 12.6. The van der Waals surface area contributed by atoms with Crippen molar-refractivity contribution >= 4 is 56.2 Å². The number of amides is 1. The number of nitrogens with one attached hydrogen (secondary N) is 1. The van der Waals surface area contributed by atoms with E-state index in [1.165, 1.54) is 0 Å². The van der Waals surface area contributed by atoms with Gasteiger partial charge in [-0.25, -0.2) is 10.4 Å². The maximum Gasteiger partial charge on any atom is 0.289 e. The highest BCUT2D eigenvalue weighted by Gasteiger charge is 2.11. The number of rotatable bonds is 3. The molecule has 1 N–H and O–H groups in total. The van der Waals surface area contributed by atoms with E-state index in [9.17, 15) is 4.79 Å². The van der Waals surface area contributed by atoms with Crippen LogP contribution in [-0.4, -0.2) is 17.1 Å². The molecule has 0 saturated heterocycles. The predicted octanol–water partition coefficient (Wildman–Crippen LogP) is 5.96. The Morgan fingerprint density at radius 1 is 0.800 bits per heavy atom. The van der Waals surface area contributed by atoms with E-state index in [2.05, 4.69) is 15.5 Å². The molecule has 0 aliphatic rings. The zero-order chi connectivity index (χ0) is 20.5. The number of benzene rings is 4. The molecule has 0 bridgehead atoms.